The van der Waals surface area contributed by atoms with E-state index in [4.69, 9.17) is 5.73 Å². The highest BCUT2D eigenvalue weighted by Crippen LogP contribution is 2.20. The summed E-state index contributed by atoms with van der Waals surface area (Å²) in [7, 11) is 0. The Morgan fingerprint density at radius 3 is 2.30 bits per heavy atom. The van der Waals surface area contributed by atoms with Gasteiger partial charge in [-0.25, -0.2) is 0 Å². The lowest BCUT2D eigenvalue weighted by molar-refractivity contribution is 0.0933. The summed E-state index contributed by atoms with van der Waals surface area (Å²) in [5.74, 6) is 0.507. The number of nitrogens with two attached hydrogens (primary N) is 1. The number of amides is 1. The minimum Gasteiger partial charge on any atom is -0.348 e. The molecular weight excluding hydrogens is 250 g/mol. The molecule has 1 unspecified atom stereocenters. The predicted molar refractivity (Wildman–Crippen MR) is 84.1 cm³/mol. The van der Waals surface area contributed by atoms with Crippen molar-refractivity contribution in [3.05, 3.63) is 23.0 Å². The summed E-state index contributed by atoms with van der Waals surface area (Å²) in [4.78, 5) is 12.4. The number of nitrogens with one attached hydrogen (secondary N) is 1. The fourth-order valence-corrected chi connectivity index (χ4v) is 2.85. The van der Waals surface area contributed by atoms with Crippen molar-refractivity contribution in [2.45, 2.75) is 60.0 Å². The molecule has 0 aliphatic rings. The maximum Gasteiger partial charge on any atom is 0.253 e. The van der Waals surface area contributed by atoms with Crippen molar-refractivity contribution >= 4 is 5.91 Å². The first-order valence-corrected chi connectivity index (χ1v) is 7.47. The third-order valence-corrected chi connectivity index (χ3v) is 3.62. The average Bonchev–Trinajstić information content (AvgIpc) is 2.63. The SMILES string of the molecule is Cc1cc(C(=O)NC(CN)CC(C)C)c(C)n1C(C)C. The molecular formula is C16H29N3O. The van der Waals surface area contributed by atoms with Crippen molar-refractivity contribution in [3.8, 4) is 0 Å². The minimum absolute atomic E-state index is 0.0129. The summed E-state index contributed by atoms with van der Waals surface area (Å²) in [5.41, 5.74) is 8.66. The van der Waals surface area contributed by atoms with Crippen molar-refractivity contribution in [2.24, 2.45) is 11.7 Å². The molecule has 0 saturated heterocycles. The second kappa shape index (κ2) is 6.93. The van der Waals surface area contributed by atoms with Crippen LogP contribution in [0.15, 0.2) is 6.07 Å². The van der Waals surface area contributed by atoms with E-state index in [1.54, 1.807) is 0 Å². The Kier molecular flexibility index (Phi) is 5.81. The number of hydrogen-bond acceptors (Lipinski definition) is 2. The molecule has 1 aromatic heterocycles. The molecule has 0 aliphatic carbocycles. The fourth-order valence-electron chi connectivity index (χ4n) is 2.85. The van der Waals surface area contributed by atoms with E-state index >= 15 is 0 Å². The first kappa shape index (κ1) is 16.8. The van der Waals surface area contributed by atoms with Gasteiger partial charge in [-0.2, -0.15) is 0 Å². The lowest BCUT2D eigenvalue weighted by atomic mass is 10.0. The van der Waals surface area contributed by atoms with Gasteiger partial charge < -0.3 is 15.6 Å². The van der Waals surface area contributed by atoms with Crippen LogP contribution in [0.5, 0.6) is 0 Å². The second-order valence-corrected chi connectivity index (χ2v) is 6.28. The molecule has 1 rings (SSSR count). The Morgan fingerprint density at radius 2 is 1.90 bits per heavy atom. The molecule has 0 fully saturated rings. The second-order valence-electron chi connectivity index (χ2n) is 6.28. The van der Waals surface area contributed by atoms with E-state index in [1.165, 1.54) is 0 Å². The van der Waals surface area contributed by atoms with Gasteiger partial charge in [0.1, 0.15) is 0 Å². The van der Waals surface area contributed by atoms with E-state index in [2.05, 4.69) is 37.6 Å². The molecule has 0 saturated carbocycles. The lowest BCUT2D eigenvalue weighted by Gasteiger charge is -2.19. The van der Waals surface area contributed by atoms with E-state index in [-0.39, 0.29) is 11.9 Å². The quantitative estimate of drug-likeness (QED) is 0.841. The molecule has 1 aromatic rings. The largest absolute Gasteiger partial charge is 0.348 e. The Balaban J connectivity index is 2.90. The third-order valence-electron chi connectivity index (χ3n) is 3.62. The molecule has 4 nitrogen and oxygen atoms in total. The highest BCUT2D eigenvalue weighted by Gasteiger charge is 2.19. The molecule has 20 heavy (non-hydrogen) atoms. The van der Waals surface area contributed by atoms with E-state index in [0.29, 0.717) is 18.5 Å². The Labute approximate surface area is 122 Å². The minimum atomic E-state index is -0.0129. The number of aromatic nitrogens is 1. The van der Waals surface area contributed by atoms with E-state index in [0.717, 1.165) is 23.4 Å². The summed E-state index contributed by atoms with van der Waals surface area (Å²) >= 11 is 0. The van der Waals surface area contributed by atoms with Gasteiger partial charge in [-0.15, -0.1) is 0 Å². The highest BCUT2D eigenvalue weighted by atomic mass is 16.1. The van der Waals surface area contributed by atoms with Crippen molar-refractivity contribution in [1.29, 1.82) is 0 Å². The van der Waals surface area contributed by atoms with E-state index in [9.17, 15) is 4.79 Å². The van der Waals surface area contributed by atoms with Crippen LogP contribution in [0, 0.1) is 19.8 Å². The maximum absolute atomic E-state index is 12.4. The van der Waals surface area contributed by atoms with Crippen LogP contribution >= 0.6 is 0 Å². The molecule has 0 radical (unpaired) electrons. The van der Waals surface area contributed by atoms with Crippen molar-refractivity contribution in [2.75, 3.05) is 6.54 Å². The number of aryl methyl sites for hydroxylation is 1. The molecule has 3 N–H and O–H groups in total. The fraction of sp³-hybridized carbons (Fsp3) is 0.688. The average molecular weight is 279 g/mol. The molecule has 0 bridgehead atoms. The van der Waals surface area contributed by atoms with Gasteiger partial charge in [0.15, 0.2) is 0 Å². The molecule has 1 atom stereocenters. The Hall–Kier alpha value is -1.29. The molecule has 1 amide bonds. The number of hydrogen-bond donors (Lipinski definition) is 2. The molecule has 1 heterocycles. The molecule has 4 heteroatoms. The maximum atomic E-state index is 12.4. The van der Waals surface area contributed by atoms with Crippen LogP contribution in [0.2, 0.25) is 0 Å². The first-order chi connectivity index (χ1) is 9.27. The van der Waals surface area contributed by atoms with Crippen LogP contribution in [0.1, 0.15) is 61.9 Å². The van der Waals surface area contributed by atoms with Crippen LogP contribution in [0.3, 0.4) is 0 Å². The standard InChI is InChI=1S/C16H29N3O/c1-10(2)7-14(9-17)18-16(20)15-8-12(5)19(11(3)4)13(15)6/h8,10-11,14H,7,9,17H2,1-6H3,(H,18,20). The number of carbonyl (C=O) groups excluding carboxylic acids is 1. The Bertz CT molecular complexity index is 461. The van der Waals surface area contributed by atoms with Crippen molar-refractivity contribution in [1.82, 2.24) is 9.88 Å². The van der Waals surface area contributed by atoms with Crippen molar-refractivity contribution < 1.29 is 4.79 Å². The summed E-state index contributed by atoms with van der Waals surface area (Å²) in [6.07, 6.45) is 0.908. The van der Waals surface area contributed by atoms with Gasteiger partial charge in [-0.05, 0) is 46.1 Å². The van der Waals surface area contributed by atoms with Crippen LogP contribution in [0.25, 0.3) is 0 Å². The van der Waals surface area contributed by atoms with Gasteiger partial charge in [0, 0.05) is 30.0 Å². The van der Waals surface area contributed by atoms with Crippen LogP contribution in [-0.4, -0.2) is 23.1 Å². The van der Waals surface area contributed by atoms with Gasteiger partial charge in [0.05, 0.1) is 5.56 Å². The van der Waals surface area contributed by atoms with Gasteiger partial charge in [-0.1, -0.05) is 13.8 Å². The lowest BCUT2D eigenvalue weighted by Crippen LogP contribution is -2.41. The summed E-state index contributed by atoms with van der Waals surface area (Å²) in [6.45, 7) is 13.1. The molecule has 0 spiro atoms. The third kappa shape index (κ3) is 3.85. The van der Waals surface area contributed by atoms with Crippen LogP contribution < -0.4 is 11.1 Å². The Morgan fingerprint density at radius 1 is 1.30 bits per heavy atom. The summed E-state index contributed by atoms with van der Waals surface area (Å²) in [5, 5.41) is 3.06. The highest BCUT2D eigenvalue weighted by molar-refractivity contribution is 5.95. The van der Waals surface area contributed by atoms with Crippen molar-refractivity contribution in [3.63, 3.8) is 0 Å². The summed E-state index contributed by atoms with van der Waals surface area (Å²) < 4.78 is 2.19. The number of carbonyl (C=O) groups is 1. The first-order valence-electron chi connectivity index (χ1n) is 7.47. The molecule has 0 aliphatic heterocycles. The van der Waals surface area contributed by atoms with Gasteiger partial charge in [0.2, 0.25) is 0 Å². The normalized spacial score (nSPS) is 13.1. The number of nitrogens with zero attached hydrogens (tertiary/aromatic N) is 1. The van der Waals surface area contributed by atoms with Gasteiger partial charge in [-0.3, -0.25) is 4.79 Å². The predicted octanol–water partition coefficient (Wildman–Crippen LogP) is 2.79. The zero-order valence-electron chi connectivity index (χ0n) is 13.7. The molecule has 0 aromatic carbocycles. The monoisotopic (exact) mass is 279 g/mol. The van der Waals surface area contributed by atoms with Gasteiger partial charge in [0.25, 0.3) is 5.91 Å². The zero-order chi connectivity index (χ0) is 15.4. The van der Waals surface area contributed by atoms with E-state index in [1.807, 2.05) is 19.9 Å². The smallest absolute Gasteiger partial charge is 0.253 e. The van der Waals surface area contributed by atoms with E-state index < -0.39 is 0 Å². The van der Waals surface area contributed by atoms with Crippen LogP contribution in [-0.2, 0) is 0 Å². The molecule has 114 valence electrons. The van der Waals surface area contributed by atoms with Gasteiger partial charge >= 0.3 is 0 Å². The van der Waals surface area contributed by atoms with Crippen LogP contribution in [0.4, 0.5) is 0 Å². The zero-order valence-corrected chi connectivity index (χ0v) is 13.7. The number of rotatable bonds is 6. The topological polar surface area (TPSA) is 60.1 Å². The summed E-state index contributed by atoms with van der Waals surface area (Å²) in [6, 6.07) is 2.37.